The number of phenolic OH excluding ortho intramolecular Hbond substituents is 1. The molecule has 4 nitrogen and oxygen atoms in total. The zero-order chi connectivity index (χ0) is 13.4. The molecule has 0 amide bonds. The van der Waals surface area contributed by atoms with E-state index in [-0.39, 0.29) is 23.3 Å². The summed E-state index contributed by atoms with van der Waals surface area (Å²) in [5.41, 5.74) is 6.48. The number of halogens is 1. The summed E-state index contributed by atoms with van der Waals surface area (Å²) >= 11 is 0. The van der Waals surface area contributed by atoms with E-state index < -0.39 is 0 Å². The van der Waals surface area contributed by atoms with Gasteiger partial charge in [0.25, 0.3) is 0 Å². The monoisotopic (exact) mass is 265 g/mol. The standard InChI is InChI=1S/C14H20FN3O/c15-10-7-11(14(19)12(16)8-10)13(9-1-2-9)18-5-3-17-4-6-18/h7-9,13,17,19H,1-6,16H2/t13-/m1/s1. The maximum atomic E-state index is 13.6. The maximum absolute atomic E-state index is 13.6. The van der Waals surface area contributed by atoms with Gasteiger partial charge in [-0.3, -0.25) is 4.90 Å². The molecular weight excluding hydrogens is 245 g/mol. The van der Waals surface area contributed by atoms with E-state index in [0.717, 1.165) is 39.0 Å². The van der Waals surface area contributed by atoms with Crippen molar-refractivity contribution in [1.82, 2.24) is 10.2 Å². The number of hydrogen-bond acceptors (Lipinski definition) is 4. The lowest BCUT2D eigenvalue weighted by molar-refractivity contribution is 0.153. The first-order valence-corrected chi connectivity index (χ1v) is 6.89. The summed E-state index contributed by atoms with van der Waals surface area (Å²) in [6.45, 7) is 3.73. The number of piperazine rings is 1. The summed E-state index contributed by atoms with van der Waals surface area (Å²) in [4.78, 5) is 2.34. The first-order chi connectivity index (χ1) is 9.16. The molecule has 19 heavy (non-hydrogen) atoms. The van der Waals surface area contributed by atoms with Gasteiger partial charge in [0.05, 0.1) is 5.69 Å². The lowest BCUT2D eigenvalue weighted by atomic mass is 9.98. The predicted molar refractivity (Wildman–Crippen MR) is 72.4 cm³/mol. The van der Waals surface area contributed by atoms with Gasteiger partial charge in [-0.1, -0.05) is 0 Å². The van der Waals surface area contributed by atoms with Crippen LogP contribution in [0, 0.1) is 11.7 Å². The second-order valence-electron chi connectivity index (χ2n) is 5.50. The van der Waals surface area contributed by atoms with Crippen molar-refractivity contribution in [3.8, 4) is 5.75 Å². The highest BCUT2D eigenvalue weighted by Gasteiger charge is 2.38. The van der Waals surface area contributed by atoms with Crippen LogP contribution >= 0.6 is 0 Å². The lowest BCUT2D eigenvalue weighted by Gasteiger charge is -2.35. The number of benzene rings is 1. The number of rotatable bonds is 3. The van der Waals surface area contributed by atoms with Gasteiger partial charge in [0, 0.05) is 43.9 Å². The van der Waals surface area contributed by atoms with E-state index in [0.29, 0.717) is 11.5 Å². The molecule has 1 aromatic rings. The SMILES string of the molecule is Nc1cc(F)cc([C@@H](C2CC2)N2CCNCC2)c1O. The predicted octanol–water partition coefficient (Wildman–Crippen LogP) is 1.47. The van der Waals surface area contributed by atoms with E-state index in [2.05, 4.69) is 10.2 Å². The van der Waals surface area contributed by atoms with Crippen molar-refractivity contribution in [2.75, 3.05) is 31.9 Å². The van der Waals surface area contributed by atoms with Crippen molar-refractivity contribution in [2.45, 2.75) is 18.9 Å². The van der Waals surface area contributed by atoms with Crippen molar-refractivity contribution in [1.29, 1.82) is 0 Å². The van der Waals surface area contributed by atoms with Crippen LogP contribution in [-0.2, 0) is 0 Å². The van der Waals surface area contributed by atoms with Crippen molar-refractivity contribution in [3.05, 3.63) is 23.5 Å². The molecule has 1 aliphatic heterocycles. The number of hydrogen-bond donors (Lipinski definition) is 3. The Labute approximate surface area is 112 Å². The molecule has 0 spiro atoms. The second kappa shape index (κ2) is 4.98. The van der Waals surface area contributed by atoms with Gasteiger partial charge >= 0.3 is 0 Å². The minimum Gasteiger partial charge on any atom is -0.505 e. The molecule has 2 aliphatic rings. The fourth-order valence-electron chi connectivity index (χ4n) is 2.99. The average molecular weight is 265 g/mol. The third kappa shape index (κ3) is 2.53. The highest BCUT2D eigenvalue weighted by atomic mass is 19.1. The summed E-state index contributed by atoms with van der Waals surface area (Å²) < 4.78 is 13.6. The summed E-state index contributed by atoms with van der Waals surface area (Å²) in [5.74, 6) is 0.202. The molecular formula is C14H20FN3O. The summed E-state index contributed by atoms with van der Waals surface area (Å²) in [6, 6.07) is 2.72. The molecule has 0 bridgehead atoms. The van der Waals surface area contributed by atoms with Crippen LogP contribution in [0.2, 0.25) is 0 Å². The average Bonchev–Trinajstić information content (AvgIpc) is 3.21. The van der Waals surface area contributed by atoms with Crippen LogP contribution in [0.25, 0.3) is 0 Å². The van der Waals surface area contributed by atoms with Crippen LogP contribution in [0.1, 0.15) is 24.4 Å². The third-order valence-corrected chi connectivity index (χ3v) is 4.07. The smallest absolute Gasteiger partial charge is 0.143 e. The molecule has 4 N–H and O–H groups in total. The Balaban J connectivity index is 1.95. The molecule has 1 aliphatic carbocycles. The molecule has 3 rings (SSSR count). The van der Waals surface area contributed by atoms with Gasteiger partial charge in [0.1, 0.15) is 11.6 Å². The second-order valence-corrected chi connectivity index (χ2v) is 5.50. The van der Waals surface area contributed by atoms with E-state index in [4.69, 9.17) is 5.73 Å². The van der Waals surface area contributed by atoms with Crippen molar-refractivity contribution < 1.29 is 9.50 Å². The van der Waals surface area contributed by atoms with Gasteiger partial charge in [-0.15, -0.1) is 0 Å². The fourth-order valence-corrected chi connectivity index (χ4v) is 2.99. The minimum atomic E-state index is -0.369. The van der Waals surface area contributed by atoms with Crippen LogP contribution in [0.15, 0.2) is 12.1 Å². The van der Waals surface area contributed by atoms with Crippen LogP contribution in [-0.4, -0.2) is 36.2 Å². The largest absolute Gasteiger partial charge is 0.505 e. The Kier molecular flexibility index (Phi) is 3.33. The Bertz CT molecular complexity index is 470. The van der Waals surface area contributed by atoms with Gasteiger partial charge in [0.15, 0.2) is 0 Å². The van der Waals surface area contributed by atoms with Crippen LogP contribution in [0.4, 0.5) is 10.1 Å². The Morgan fingerprint density at radius 3 is 2.63 bits per heavy atom. The van der Waals surface area contributed by atoms with Gasteiger partial charge in [-0.2, -0.15) is 0 Å². The number of aromatic hydroxyl groups is 1. The van der Waals surface area contributed by atoms with E-state index >= 15 is 0 Å². The van der Waals surface area contributed by atoms with Crippen molar-refractivity contribution >= 4 is 5.69 Å². The molecule has 1 aromatic carbocycles. The van der Waals surface area contributed by atoms with E-state index in [1.807, 2.05) is 0 Å². The number of phenols is 1. The topological polar surface area (TPSA) is 61.5 Å². The molecule has 1 saturated carbocycles. The first-order valence-electron chi connectivity index (χ1n) is 6.89. The number of nitrogens with two attached hydrogens (primary N) is 1. The van der Waals surface area contributed by atoms with Gasteiger partial charge in [0.2, 0.25) is 0 Å². The summed E-state index contributed by atoms with van der Waals surface area (Å²) in [7, 11) is 0. The van der Waals surface area contributed by atoms with E-state index in [9.17, 15) is 9.50 Å². The van der Waals surface area contributed by atoms with Crippen LogP contribution in [0.3, 0.4) is 0 Å². The molecule has 1 atom stereocenters. The Hall–Kier alpha value is -1.33. The molecule has 5 heteroatoms. The summed E-state index contributed by atoms with van der Waals surface area (Å²) in [5, 5.41) is 13.5. The Morgan fingerprint density at radius 1 is 1.32 bits per heavy atom. The quantitative estimate of drug-likeness (QED) is 0.572. The molecule has 1 heterocycles. The molecule has 0 aromatic heterocycles. The zero-order valence-electron chi connectivity index (χ0n) is 10.9. The zero-order valence-corrected chi connectivity index (χ0v) is 10.9. The van der Waals surface area contributed by atoms with Crippen molar-refractivity contribution in [2.24, 2.45) is 5.92 Å². The van der Waals surface area contributed by atoms with E-state index in [1.165, 1.54) is 12.1 Å². The van der Waals surface area contributed by atoms with Crippen molar-refractivity contribution in [3.63, 3.8) is 0 Å². The highest BCUT2D eigenvalue weighted by molar-refractivity contribution is 5.57. The number of nitrogens with one attached hydrogen (secondary N) is 1. The third-order valence-electron chi connectivity index (χ3n) is 4.07. The van der Waals surface area contributed by atoms with Gasteiger partial charge in [-0.25, -0.2) is 4.39 Å². The number of nitrogen functional groups attached to an aromatic ring is 1. The summed E-state index contributed by atoms with van der Waals surface area (Å²) in [6.07, 6.45) is 2.29. The molecule has 0 unspecified atom stereocenters. The molecule has 104 valence electrons. The fraction of sp³-hybridized carbons (Fsp3) is 0.571. The lowest BCUT2D eigenvalue weighted by Crippen LogP contribution is -2.45. The Morgan fingerprint density at radius 2 is 2.00 bits per heavy atom. The number of nitrogens with zero attached hydrogens (tertiary/aromatic N) is 1. The van der Waals surface area contributed by atoms with Gasteiger partial charge < -0.3 is 16.2 Å². The minimum absolute atomic E-state index is 0.0526. The molecule has 0 radical (unpaired) electrons. The number of anilines is 1. The van der Waals surface area contributed by atoms with Crippen LogP contribution in [0.5, 0.6) is 5.75 Å². The maximum Gasteiger partial charge on any atom is 0.143 e. The molecule has 2 fully saturated rings. The van der Waals surface area contributed by atoms with Crippen LogP contribution < -0.4 is 11.1 Å². The van der Waals surface area contributed by atoms with Gasteiger partial charge in [-0.05, 0) is 24.8 Å². The highest BCUT2D eigenvalue weighted by Crippen LogP contribution is 2.48. The van der Waals surface area contributed by atoms with E-state index in [1.54, 1.807) is 0 Å². The molecule has 1 saturated heterocycles. The first kappa shape index (κ1) is 12.7. The normalized spacial score (nSPS) is 22.4.